The summed E-state index contributed by atoms with van der Waals surface area (Å²) < 4.78 is 0. The maximum Gasteiger partial charge on any atom is 0.323 e. The van der Waals surface area contributed by atoms with Crippen molar-refractivity contribution in [3.05, 3.63) is 12.2 Å². The second-order valence-corrected chi connectivity index (χ2v) is 3.71. The first kappa shape index (κ1) is 21.5. The monoisotopic (exact) mass is 285 g/mol. The van der Waals surface area contributed by atoms with Gasteiger partial charge in [0.25, 0.3) is 0 Å². The van der Waals surface area contributed by atoms with Gasteiger partial charge in [-0.3, -0.25) is 9.79 Å². The molecule has 5 N–H and O–H groups in total. The molecular formula is C10H21Cl2N3O2. The Morgan fingerprint density at radius 1 is 1.41 bits per heavy atom. The van der Waals surface area contributed by atoms with Gasteiger partial charge in [-0.1, -0.05) is 12.2 Å². The zero-order valence-electron chi connectivity index (χ0n) is 10.0. The molecule has 5 nitrogen and oxygen atoms in total. The molecule has 0 saturated heterocycles. The number of amidine groups is 1. The normalized spacial score (nSPS) is 14.6. The van der Waals surface area contributed by atoms with Crippen LogP contribution in [0.4, 0.5) is 0 Å². The summed E-state index contributed by atoms with van der Waals surface area (Å²) >= 11 is 0. The molecule has 17 heavy (non-hydrogen) atoms. The fourth-order valence-corrected chi connectivity index (χ4v) is 0.849. The molecule has 0 heterocycles. The highest BCUT2D eigenvalue weighted by Crippen LogP contribution is 2.06. The third-order valence-electron chi connectivity index (χ3n) is 1.85. The van der Waals surface area contributed by atoms with Crippen molar-refractivity contribution in [2.45, 2.75) is 32.2 Å². The predicted molar refractivity (Wildman–Crippen MR) is 75.3 cm³/mol. The number of aliphatic imine (C=N–C) groups is 1. The summed E-state index contributed by atoms with van der Waals surface area (Å²) in [6, 6.07) is 0. The number of hydrogen-bond acceptors (Lipinski definition) is 3. The van der Waals surface area contributed by atoms with Crippen LogP contribution in [0.1, 0.15) is 26.7 Å². The third kappa shape index (κ3) is 11.5. The summed E-state index contributed by atoms with van der Waals surface area (Å²) in [6.07, 6.45) is 4.67. The van der Waals surface area contributed by atoms with Crippen molar-refractivity contribution in [3.8, 4) is 0 Å². The minimum atomic E-state index is -1.19. The van der Waals surface area contributed by atoms with Gasteiger partial charge in [-0.25, -0.2) is 0 Å². The maximum atomic E-state index is 10.6. The van der Waals surface area contributed by atoms with Gasteiger partial charge in [0.1, 0.15) is 5.54 Å². The van der Waals surface area contributed by atoms with Crippen molar-refractivity contribution in [2.75, 3.05) is 6.54 Å². The van der Waals surface area contributed by atoms with E-state index in [2.05, 4.69) is 4.99 Å². The van der Waals surface area contributed by atoms with Crippen LogP contribution in [0.2, 0.25) is 0 Å². The number of nitrogens with zero attached hydrogens (tertiary/aromatic N) is 1. The van der Waals surface area contributed by atoms with Gasteiger partial charge < -0.3 is 16.6 Å². The van der Waals surface area contributed by atoms with E-state index in [1.165, 1.54) is 6.92 Å². The summed E-state index contributed by atoms with van der Waals surface area (Å²) in [4.78, 5) is 14.6. The first-order valence-corrected chi connectivity index (χ1v) is 4.80. The predicted octanol–water partition coefficient (Wildman–Crippen LogP) is 1.35. The van der Waals surface area contributed by atoms with E-state index in [1.54, 1.807) is 13.0 Å². The van der Waals surface area contributed by atoms with Crippen molar-refractivity contribution < 1.29 is 9.90 Å². The highest BCUT2D eigenvalue weighted by molar-refractivity contribution is 5.85. The second kappa shape index (κ2) is 10.4. The van der Waals surface area contributed by atoms with Gasteiger partial charge in [-0.05, 0) is 26.7 Å². The lowest BCUT2D eigenvalue weighted by Crippen LogP contribution is -2.44. The molecule has 7 heteroatoms. The number of carbonyl (C=O) groups is 1. The Labute approximate surface area is 114 Å². The highest BCUT2D eigenvalue weighted by Gasteiger charge is 2.25. The Hall–Kier alpha value is -0.780. The quantitative estimate of drug-likeness (QED) is 0.297. The number of rotatable bonds is 6. The molecular weight excluding hydrogens is 265 g/mol. The molecule has 0 aliphatic rings. The van der Waals surface area contributed by atoms with Crippen molar-refractivity contribution in [1.29, 1.82) is 0 Å². The first-order chi connectivity index (χ1) is 6.86. The third-order valence-corrected chi connectivity index (χ3v) is 1.85. The molecule has 0 rings (SSSR count). The van der Waals surface area contributed by atoms with E-state index >= 15 is 0 Å². The van der Waals surface area contributed by atoms with E-state index in [9.17, 15) is 4.79 Å². The maximum absolute atomic E-state index is 10.6. The van der Waals surface area contributed by atoms with Crippen LogP contribution in [0.15, 0.2) is 17.1 Å². The number of nitrogens with two attached hydrogens (primary N) is 2. The van der Waals surface area contributed by atoms with E-state index in [1.807, 2.05) is 6.08 Å². The fourth-order valence-electron chi connectivity index (χ4n) is 0.849. The second-order valence-electron chi connectivity index (χ2n) is 3.71. The number of halogens is 2. The summed E-state index contributed by atoms with van der Waals surface area (Å²) in [5.74, 6) is -0.444. The minimum Gasteiger partial charge on any atom is -0.480 e. The van der Waals surface area contributed by atoms with Crippen LogP contribution in [-0.2, 0) is 4.79 Å². The summed E-state index contributed by atoms with van der Waals surface area (Å²) in [6.45, 7) is 3.83. The molecule has 1 atom stereocenters. The largest absolute Gasteiger partial charge is 0.480 e. The Kier molecular flexibility index (Phi) is 13.1. The lowest BCUT2D eigenvalue weighted by molar-refractivity contribution is -0.142. The number of carboxylic acids is 1. The van der Waals surface area contributed by atoms with Crippen LogP contribution in [0.25, 0.3) is 0 Å². The lowest BCUT2D eigenvalue weighted by Gasteiger charge is -2.15. The molecule has 0 aromatic rings. The molecule has 0 fully saturated rings. The van der Waals surface area contributed by atoms with E-state index in [4.69, 9.17) is 16.6 Å². The summed E-state index contributed by atoms with van der Waals surface area (Å²) in [5, 5.41) is 8.72. The highest BCUT2D eigenvalue weighted by atomic mass is 35.5. The van der Waals surface area contributed by atoms with Crippen molar-refractivity contribution in [2.24, 2.45) is 16.5 Å². The first-order valence-electron chi connectivity index (χ1n) is 4.80. The van der Waals surface area contributed by atoms with Gasteiger partial charge in [0.05, 0.1) is 5.84 Å². The molecule has 0 amide bonds. The van der Waals surface area contributed by atoms with Crippen LogP contribution < -0.4 is 11.5 Å². The van der Waals surface area contributed by atoms with Crippen molar-refractivity contribution in [3.63, 3.8) is 0 Å². The molecule has 0 saturated carbocycles. The van der Waals surface area contributed by atoms with Gasteiger partial charge in [0, 0.05) is 6.54 Å². The molecule has 0 aliphatic heterocycles. The smallest absolute Gasteiger partial charge is 0.323 e. The van der Waals surface area contributed by atoms with E-state index in [0.717, 1.165) is 6.42 Å². The molecule has 0 spiro atoms. The van der Waals surface area contributed by atoms with Crippen molar-refractivity contribution >= 4 is 36.6 Å². The Morgan fingerprint density at radius 3 is 2.35 bits per heavy atom. The Balaban J connectivity index is -0.000000980. The summed E-state index contributed by atoms with van der Waals surface area (Å²) in [7, 11) is 0. The zero-order valence-corrected chi connectivity index (χ0v) is 11.7. The lowest BCUT2D eigenvalue weighted by atomic mass is 9.99. The SMILES string of the molecule is CC(N)=NCC/C=C\C[C@@](C)(N)C(=O)O.Cl.Cl. The van der Waals surface area contributed by atoms with Gasteiger partial charge in [-0.2, -0.15) is 0 Å². The fraction of sp³-hybridized carbons (Fsp3) is 0.600. The summed E-state index contributed by atoms with van der Waals surface area (Å²) in [5.41, 5.74) is 9.68. The van der Waals surface area contributed by atoms with Crippen LogP contribution in [0.5, 0.6) is 0 Å². The molecule has 0 radical (unpaired) electrons. The van der Waals surface area contributed by atoms with Crippen LogP contribution in [0.3, 0.4) is 0 Å². The molecule has 102 valence electrons. The minimum absolute atomic E-state index is 0. The molecule has 0 aliphatic carbocycles. The Morgan fingerprint density at radius 2 is 1.94 bits per heavy atom. The van der Waals surface area contributed by atoms with Crippen molar-refractivity contribution in [1.82, 2.24) is 0 Å². The average Bonchev–Trinajstić information content (AvgIpc) is 2.10. The van der Waals surface area contributed by atoms with Gasteiger partial charge in [0.15, 0.2) is 0 Å². The van der Waals surface area contributed by atoms with Crippen LogP contribution in [0, 0.1) is 0 Å². The Bertz CT molecular complexity index is 275. The van der Waals surface area contributed by atoms with Gasteiger partial charge in [-0.15, -0.1) is 24.8 Å². The van der Waals surface area contributed by atoms with E-state index in [0.29, 0.717) is 18.8 Å². The van der Waals surface area contributed by atoms with Gasteiger partial charge >= 0.3 is 5.97 Å². The topological polar surface area (TPSA) is 102 Å². The average molecular weight is 286 g/mol. The van der Waals surface area contributed by atoms with Crippen LogP contribution in [-0.4, -0.2) is 29.0 Å². The zero-order chi connectivity index (χ0) is 11.9. The molecule has 0 bridgehead atoms. The molecule has 0 aromatic heterocycles. The molecule has 0 aromatic carbocycles. The standard InChI is InChI=1S/C10H19N3O2.2ClH/c1-8(11)13-7-5-3-4-6-10(2,12)9(14)15;;/h3-4H,5-7,12H2,1-2H3,(H2,11,13)(H,14,15);2*1H/b4-3-;;/t10-;;/m1../s1. The number of aliphatic carboxylic acids is 1. The van der Waals surface area contributed by atoms with E-state index < -0.39 is 11.5 Å². The molecule has 0 unspecified atom stereocenters. The van der Waals surface area contributed by atoms with Crippen LogP contribution >= 0.6 is 24.8 Å². The number of hydrogen-bond donors (Lipinski definition) is 3. The number of carboxylic acid groups (broad SMARTS) is 1. The van der Waals surface area contributed by atoms with Gasteiger partial charge in [0.2, 0.25) is 0 Å². The van der Waals surface area contributed by atoms with E-state index in [-0.39, 0.29) is 24.8 Å².